The molecule has 3 fully saturated rings. The van der Waals surface area contributed by atoms with Gasteiger partial charge in [0, 0.05) is 19.4 Å². The molecule has 0 radical (unpaired) electrons. The van der Waals surface area contributed by atoms with Crippen molar-refractivity contribution in [3.05, 3.63) is 48.0 Å². The van der Waals surface area contributed by atoms with Gasteiger partial charge in [-0.1, -0.05) is 30.3 Å². The van der Waals surface area contributed by atoms with Crippen LogP contribution in [0.2, 0.25) is 0 Å². The number of hydrogen-bond donors (Lipinski definition) is 0. The number of amides is 2. The highest BCUT2D eigenvalue weighted by Gasteiger charge is 2.57. The average molecular weight is 443 g/mol. The van der Waals surface area contributed by atoms with E-state index in [0.717, 1.165) is 11.1 Å². The molecule has 0 aromatic heterocycles. The Kier molecular flexibility index (Phi) is 5.36. The maximum atomic E-state index is 13.7. The zero-order chi connectivity index (χ0) is 22.6. The van der Waals surface area contributed by atoms with Gasteiger partial charge in [0.05, 0.1) is 6.10 Å². The largest absolute Gasteiger partial charge is 0.443 e. The first kappa shape index (κ1) is 21.6. The molecule has 172 valence electrons. The second-order valence-electron chi connectivity index (χ2n) is 9.28. The fourth-order valence-electron chi connectivity index (χ4n) is 5.47. The highest BCUT2D eigenvalue weighted by atomic mass is 16.8. The standard InChI is InChI=1S/C24H29NO7/c1-5-8-14(12-17-19-20(22(28-4)29-17)32-24(2,3)31-19)21(26)25-18-15-10-7-6-9-13(15)11-16(18)30-23(25)27/h5-7,9-10,14,16-20,22H,1,8,11-12H2,2-4H3/t14-,16+,17+,18-,19+,20+,22+/m0/s1. The quantitative estimate of drug-likeness (QED) is 0.625. The van der Waals surface area contributed by atoms with E-state index in [1.807, 2.05) is 38.1 Å². The van der Waals surface area contributed by atoms with E-state index in [-0.39, 0.29) is 24.2 Å². The summed E-state index contributed by atoms with van der Waals surface area (Å²) in [4.78, 5) is 27.7. The number of rotatable bonds is 6. The summed E-state index contributed by atoms with van der Waals surface area (Å²) in [5.41, 5.74) is 2.08. The zero-order valence-corrected chi connectivity index (χ0v) is 18.6. The Morgan fingerprint density at radius 2 is 2.06 bits per heavy atom. The lowest BCUT2D eigenvalue weighted by Gasteiger charge is -2.28. The van der Waals surface area contributed by atoms with Crippen molar-refractivity contribution in [2.24, 2.45) is 5.92 Å². The molecule has 1 aromatic rings. The number of imide groups is 1. The number of hydrogen-bond acceptors (Lipinski definition) is 7. The molecule has 7 atom stereocenters. The Hall–Kier alpha value is -2.26. The number of methoxy groups -OCH3 is 1. The number of nitrogens with zero attached hydrogens (tertiary/aromatic N) is 1. The second kappa shape index (κ2) is 7.95. The summed E-state index contributed by atoms with van der Waals surface area (Å²) in [6.07, 6.45) is 0.423. The molecule has 8 heteroatoms. The van der Waals surface area contributed by atoms with Gasteiger partial charge in [0.2, 0.25) is 5.91 Å². The normalized spacial score (nSPS) is 35.2. The molecule has 32 heavy (non-hydrogen) atoms. The average Bonchev–Trinajstić information content (AvgIpc) is 3.44. The molecular weight excluding hydrogens is 414 g/mol. The Morgan fingerprint density at radius 1 is 1.31 bits per heavy atom. The first-order valence-corrected chi connectivity index (χ1v) is 11.1. The molecular formula is C24H29NO7. The smallest absolute Gasteiger partial charge is 0.417 e. The highest BCUT2D eigenvalue weighted by molar-refractivity contribution is 5.95. The van der Waals surface area contributed by atoms with Crippen molar-refractivity contribution in [1.82, 2.24) is 4.90 Å². The molecule has 4 aliphatic rings. The summed E-state index contributed by atoms with van der Waals surface area (Å²) in [7, 11) is 1.56. The van der Waals surface area contributed by atoms with Crippen molar-refractivity contribution in [1.29, 1.82) is 0 Å². The van der Waals surface area contributed by atoms with Gasteiger partial charge in [0.1, 0.15) is 24.4 Å². The van der Waals surface area contributed by atoms with Crippen LogP contribution >= 0.6 is 0 Å². The van der Waals surface area contributed by atoms with Crippen LogP contribution in [0.5, 0.6) is 0 Å². The van der Waals surface area contributed by atoms with Gasteiger partial charge in [0.15, 0.2) is 12.1 Å². The fourth-order valence-corrected chi connectivity index (χ4v) is 5.47. The minimum absolute atomic E-state index is 0.279. The van der Waals surface area contributed by atoms with Crippen LogP contribution < -0.4 is 0 Å². The van der Waals surface area contributed by atoms with Crippen molar-refractivity contribution in [2.75, 3.05) is 7.11 Å². The van der Waals surface area contributed by atoms with Gasteiger partial charge >= 0.3 is 6.09 Å². The van der Waals surface area contributed by atoms with Crippen LogP contribution in [0.3, 0.4) is 0 Å². The first-order valence-electron chi connectivity index (χ1n) is 11.1. The summed E-state index contributed by atoms with van der Waals surface area (Å²) in [6, 6.07) is 7.46. The molecule has 0 saturated carbocycles. The third kappa shape index (κ3) is 3.46. The van der Waals surface area contributed by atoms with Crippen LogP contribution in [-0.4, -0.2) is 60.5 Å². The van der Waals surface area contributed by atoms with Crippen molar-refractivity contribution < 1.29 is 33.3 Å². The van der Waals surface area contributed by atoms with Gasteiger partial charge in [-0.2, -0.15) is 0 Å². The van der Waals surface area contributed by atoms with Gasteiger partial charge in [-0.25, -0.2) is 9.69 Å². The molecule has 3 aliphatic heterocycles. The summed E-state index contributed by atoms with van der Waals surface area (Å²) < 4.78 is 29.1. The zero-order valence-electron chi connectivity index (χ0n) is 18.6. The maximum absolute atomic E-state index is 13.7. The summed E-state index contributed by atoms with van der Waals surface area (Å²) in [5.74, 6) is -1.55. The van der Waals surface area contributed by atoms with E-state index in [9.17, 15) is 9.59 Å². The summed E-state index contributed by atoms with van der Waals surface area (Å²) in [6.45, 7) is 7.51. The molecule has 5 rings (SSSR count). The van der Waals surface area contributed by atoms with Gasteiger partial charge in [-0.05, 0) is 37.8 Å². The van der Waals surface area contributed by atoms with Gasteiger partial charge in [0.25, 0.3) is 0 Å². The molecule has 0 unspecified atom stereocenters. The molecule has 3 saturated heterocycles. The van der Waals surface area contributed by atoms with E-state index in [2.05, 4.69) is 6.58 Å². The highest BCUT2D eigenvalue weighted by Crippen LogP contribution is 2.45. The summed E-state index contributed by atoms with van der Waals surface area (Å²) in [5, 5.41) is 0. The molecule has 1 aromatic carbocycles. The van der Waals surface area contributed by atoms with Crippen LogP contribution in [0.25, 0.3) is 0 Å². The number of ether oxygens (including phenoxy) is 5. The van der Waals surface area contributed by atoms with E-state index < -0.39 is 36.2 Å². The lowest BCUT2D eigenvalue weighted by molar-refractivity contribution is -0.228. The minimum atomic E-state index is -0.758. The molecule has 1 aliphatic carbocycles. The number of benzene rings is 1. The Bertz CT molecular complexity index is 931. The topological polar surface area (TPSA) is 83.5 Å². The van der Waals surface area contributed by atoms with Gasteiger partial charge in [-0.3, -0.25) is 4.79 Å². The number of fused-ring (bicyclic) bond motifs is 4. The van der Waals surface area contributed by atoms with Crippen molar-refractivity contribution in [2.45, 2.75) is 75.6 Å². The monoisotopic (exact) mass is 443 g/mol. The van der Waals surface area contributed by atoms with Crippen LogP contribution in [0.15, 0.2) is 36.9 Å². The van der Waals surface area contributed by atoms with Crippen molar-refractivity contribution in [3.8, 4) is 0 Å². The van der Waals surface area contributed by atoms with Crippen molar-refractivity contribution >= 4 is 12.0 Å². The van der Waals surface area contributed by atoms with E-state index in [1.54, 1.807) is 13.2 Å². The number of allylic oxidation sites excluding steroid dienone is 1. The lowest BCUT2D eigenvalue weighted by Crippen LogP contribution is -2.41. The maximum Gasteiger partial charge on any atom is 0.417 e. The fraction of sp³-hybridized carbons (Fsp3) is 0.583. The van der Waals surface area contributed by atoms with Crippen LogP contribution in [0.1, 0.15) is 43.9 Å². The third-order valence-electron chi connectivity index (χ3n) is 6.77. The predicted molar refractivity (Wildman–Crippen MR) is 112 cm³/mol. The molecule has 0 spiro atoms. The minimum Gasteiger partial charge on any atom is -0.443 e. The van der Waals surface area contributed by atoms with E-state index >= 15 is 0 Å². The number of carbonyl (C=O) groups excluding carboxylic acids is 2. The van der Waals surface area contributed by atoms with Crippen LogP contribution in [0.4, 0.5) is 4.79 Å². The van der Waals surface area contributed by atoms with Crippen LogP contribution in [0, 0.1) is 5.92 Å². The Labute approximate surface area is 187 Å². The van der Waals surface area contributed by atoms with E-state index in [0.29, 0.717) is 19.3 Å². The van der Waals surface area contributed by atoms with Gasteiger partial charge in [-0.15, -0.1) is 6.58 Å². The molecule has 3 heterocycles. The SMILES string of the molecule is C=CC[C@@H](C[C@H]1O[C@@H](OC)[C@@H]2OC(C)(C)O[C@@H]21)C(=O)N1C(=O)O[C@@H]2Cc3ccccc3[C@@H]21. The molecule has 2 amide bonds. The Morgan fingerprint density at radius 3 is 2.81 bits per heavy atom. The van der Waals surface area contributed by atoms with E-state index in [1.165, 1.54) is 4.90 Å². The summed E-state index contributed by atoms with van der Waals surface area (Å²) >= 11 is 0. The number of carbonyl (C=O) groups is 2. The van der Waals surface area contributed by atoms with Gasteiger partial charge < -0.3 is 23.7 Å². The molecule has 0 bridgehead atoms. The third-order valence-corrected chi connectivity index (χ3v) is 6.77. The van der Waals surface area contributed by atoms with E-state index in [4.69, 9.17) is 23.7 Å². The lowest BCUT2D eigenvalue weighted by atomic mass is 9.92. The van der Waals surface area contributed by atoms with Crippen molar-refractivity contribution in [3.63, 3.8) is 0 Å². The molecule has 0 N–H and O–H groups in total. The predicted octanol–water partition coefficient (Wildman–Crippen LogP) is 3.11. The first-order chi connectivity index (χ1) is 15.3. The molecule has 8 nitrogen and oxygen atoms in total. The second-order valence-corrected chi connectivity index (χ2v) is 9.28. The van der Waals surface area contributed by atoms with Crippen LogP contribution in [-0.2, 0) is 34.9 Å². The Balaban J connectivity index is 1.38.